The summed E-state index contributed by atoms with van der Waals surface area (Å²) >= 11 is 0. The van der Waals surface area contributed by atoms with Crippen molar-refractivity contribution in [1.82, 2.24) is 0 Å². The van der Waals surface area contributed by atoms with E-state index in [1.165, 1.54) is 0 Å². The first-order valence-electron chi connectivity index (χ1n) is 2.14. The molecule has 3 N–H and O–H groups in total. The Kier molecular flexibility index (Phi) is 56.3. The molecule has 0 unspecified atom stereocenters. The molecule has 0 heterocycles. The quantitative estimate of drug-likeness (QED) is 0.388. The summed E-state index contributed by atoms with van der Waals surface area (Å²) in [5.74, 6) is -0.745. The molecule has 12 heavy (non-hydrogen) atoms. The van der Waals surface area contributed by atoms with E-state index in [0.717, 1.165) is 0 Å². The van der Waals surface area contributed by atoms with Gasteiger partial charge in [0.25, 0.3) is 0 Å². The van der Waals surface area contributed by atoms with Crippen molar-refractivity contribution in [3.8, 4) is 0 Å². The van der Waals surface area contributed by atoms with Gasteiger partial charge in [0, 0.05) is 6.42 Å². The minimum atomic E-state index is -1.83. The summed E-state index contributed by atoms with van der Waals surface area (Å²) in [7, 11) is 0. The zero-order valence-corrected chi connectivity index (χ0v) is 13.8. The molecular weight excluding hydrogens is 214 g/mol. The van der Waals surface area contributed by atoms with Gasteiger partial charge >= 0.3 is 109 Å². The summed E-state index contributed by atoms with van der Waals surface area (Å²) in [6, 6.07) is 0. The first-order chi connectivity index (χ1) is 4.00. The van der Waals surface area contributed by atoms with Gasteiger partial charge < -0.3 is 21.0 Å². The van der Waals surface area contributed by atoms with Crippen LogP contribution in [-0.4, -0.2) is 65.2 Å². The Hall–Kier alpha value is 2.00. The van der Waals surface area contributed by atoms with Gasteiger partial charge in [0.05, 0.1) is 0 Å². The van der Waals surface area contributed by atoms with Crippen LogP contribution in [0.25, 0.3) is 0 Å². The van der Waals surface area contributed by atoms with Gasteiger partial charge in [0.1, 0.15) is 0 Å². The van der Waals surface area contributed by atoms with E-state index >= 15 is 0 Å². The van der Waals surface area contributed by atoms with Gasteiger partial charge in [0.15, 0.2) is 0 Å². The smallest absolute Gasteiger partial charge is 1.00 e. The molecule has 0 bridgehead atoms. The first kappa shape index (κ1) is 29.2. The van der Waals surface area contributed by atoms with E-state index in [0.29, 0.717) is 0 Å². The SMILES string of the molecule is CCC(=O)O.O=C(O)O.[Ca+2].[H-].[H-].[H-].[H-].[Na+].[Na+]. The van der Waals surface area contributed by atoms with Crippen LogP contribution in [0.2, 0.25) is 0 Å². The number of hydrogen-bond donors (Lipinski definition) is 3. The monoisotopic (exact) mass is 226 g/mol. The molecule has 0 amide bonds. The van der Waals surface area contributed by atoms with E-state index in [1.54, 1.807) is 6.92 Å². The number of carboxylic acid groups (broad SMARTS) is 3. The van der Waals surface area contributed by atoms with Crippen molar-refractivity contribution < 1.29 is 89.7 Å². The molecule has 0 rings (SSSR count). The molecule has 0 aliphatic carbocycles. The third-order valence-electron chi connectivity index (χ3n) is 0.302. The molecule has 62 valence electrons. The van der Waals surface area contributed by atoms with Crippen LogP contribution in [0.1, 0.15) is 19.1 Å². The number of aliphatic carboxylic acids is 1. The maximum absolute atomic E-state index is 9.37. The number of carbonyl (C=O) groups is 2. The van der Waals surface area contributed by atoms with Gasteiger partial charge in [-0.15, -0.1) is 0 Å². The molecule has 0 spiro atoms. The Morgan fingerprint density at radius 1 is 1.17 bits per heavy atom. The summed E-state index contributed by atoms with van der Waals surface area (Å²) < 4.78 is 0. The molecule has 0 aromatic heterocycles. The number of rotatable bonds is 1. The van der Waals surface area contributed by atoms with Gasteiger partial charge in [-0.1, -0.05) is 6.92 Å². The van der Waals surface area contributed by atoms with E-state index in [9.17, 15) is 4.79 Å². The second-order valence-corrected chi connectivity index (χ2v) is 1.03. The summed E-state index contributed by atoms with van der Waals surface area (Å²) in [6.07, 6.45) is -1.61. The molecule has 0 fully saturated rings. The van der Waals surface area contributed by atoms with Crippen molar-refractivity contribution >= 4 is 49.9 Å². The van der Waals surface area contributed by atoms with Crippen LogP contribution in [0, 0.1) is 0 Å². The average molecular weight is 226 g/mol. The second kappa shape index (κ2) is 23.1. The summed E-state index contributed by atoms with van der Waals surface area (Å²) in [5, 5.41) is 21.7. The van der Waals surface area contributed by atoms with Crippen molar-refractivity contribution in [3.63, 3.8) is 0 Å². The Labute approximate surface area is 150 Å². The maximum atomic E-state index is 9.37. The predicted octanol–water partition coefficient (Wildman–Crippen LogP) is -5.22. The molecule has 0 atom stereocenters. The Morgan fingerprint density at radius 3 is 1.25 bits per heavy atom. The summed E-state index contributed by atoms with van der Waals surface area (Å²) in [6.45, 7) is 1.60. The number of hydrogen-bond acceptors (Lipinski definition) is 2. The van der Waals surface area contributed by atoms with E-state index in [-0.39, 0.29) is 109 Å². The van der Waals surface area contributed by atoms with Crippen molar-refractivity contribution in [2.45, 2.75) is 13.3 Å². The van der Waals surface area contributed by atoms with Crippen LogP contribution in [-0.2, 0) is 4.79 Å². The fraction of sp³-hybridized carbons (Fsp3) is 0.500. The molecular formula is C4H12CaNa2O5. The van der Waals surface area contributed by atoms with Gasteiger partial charge in [-0.05, 0) is 0 Å². The van der Waals surface area contributed by atoms with Crippen molar-refractivity contribution in [3.05, 3.63) is 0 Å². The minimum Gasteiger partial charge on any atom is -1.00 e. The normalized spacial score (nSPS) is 5.08. The fourth-order valence-corrected chi connectivity index (χ4v) is 0. The third kappa shape index (κ3) is 90.8. The zero-order chi connectivity index (χ0) is 7.86. The molecule has 0 saturated heterocycles. The van der Waals surface area contributed by atoms with E-state index < -0.39 is 12.1 Å². The van der Waals surface area contributed by atoms with Crippen LogP contribution in [0.4, 0.5) is 4.79 Å². The largest absolute Gasteiger partial charge is 2.00 e. The van der Waals surface area contributed by atoms with E-state index in [1.807, 2.05) is 0 Å². The van der Waals surface area contributed by atoms with Gasteiger partial charge in [-0.2, -0.15) is 0 Å². The molecule has 0 radical (unpaired) electrons. The van der Waals surface area contributed by atoms with Crippen molar-refractivity contribution in [2.75, 3.05) is 0 Å². The number of carboxylic acids is 1. The molecule has 5 nitrogen and oxygen atoms in total. The standard InChI is InChI=1S/C3H6O2.CH2O3.Ca.2Na.4H/c1-2-3(4)5;2-1(3)4;;;;;;;/h2H2,1H3,(H,4,5);(H2,2,3,4);;;;;;;/q;;+2;2*+1;4*-1. The van der Waals surface area contributed by atoms with E-state index in [4.69, 9.17) is 20.1 Å². The van der Waals surface area contributed by atoms with Crippen LogP contribution < -0.4 is 59.1 Å². The third-order valence-corrected chi connectivity index (χ3v) is 0.302. The Morgan fingerprint density at radius 2 is 1.25 bits per heavy atom. The van der Waals surface area contributed by atoms with E-state index in [2.05, 4.69) is 0 Å². The van der Waals surface area contributed by atoms with Crippen molar-refractivity contribution in [2.24, 2.45) is 0 Å². The molecule has 0 aromatic carbocycles. The summed E-state index contributed by atoms with van der Waals surface area (Å²) in [5.41, 5.74) is 0. The topological polar surface area (TPSA) is 94.8 Å². The van der Waals surface area contributed by atoms with Crippen LogP contribution in [0.3, 0.4) is 0 Å². The van der Waals surface area contributed by atoms with Crippen LogP contribution >= 0.6 is 0 Å². The summed E-state index contributed by atoms with van der Waals surface area (Å²) in [4.78, 5) is 17.9. The first-order valence-corrected chi connectivity index (χ1v) is 2.14. The predicted molar refractivity (Wildman–Crippen MR) is 38.8 cm³/mol. The van der Waals surface area contributed by atoms with Gasteiger partial charge in [-0.3, -0.25) is 4.79 Å². The second-order valence-electron chi connectivity index (χ2n) is 1.03. The molecule has 0 aliphatic heterocycles. The minimum absolute atomic E-state index is 0. The molecule has 0 aromatic rings. The maximum Gasteiger partial charge on any atom is 2.00 e. The van der Waals surface area contributed by atoms with Crippen LogP contribution in [0.15, 0.2) is 0 Å². The van der Waals surface area contributed by atoms with Crippen LogP contribution in [0.5, 0.6) is 0 Å². The molecule has 0 saturated carbocycles. The van der Waals surface area contributed by atoms with Gasteiger partial charge in [0.2, 0.25) is 0 Å². The Bertz CT molecular complexity index is 119. The molecule has 8 heteroatoms. The van der Waals surface area contributed by atoms with Crippen molar-refractivity contribution in [1.29, 1.82) is 0 Å². The Balaban J connectivity index is -0.00000000614. The molecule has 0 aliphatic rings. The van der Waals surface area contributed by atoms with Gasteiger partial charge in [-0.25, -0.2) is 4.79 Å². The fourth-order valence-electron chi connectivity index (χ4n) is 0. The average Bonchev–Trinajstić information content (AvgIpc) is 1.65. The zero-order valence-electron chi connectivity index (χ0n) is 11.6.